The average molecular weight is 448 g/mol. The molecule has 5 nitrogen and oxygen atoms in total. The minimum Gasteiger partial charge on any atom is -0.347 e. The highest BCUT2D eigenvalue weighted by Crippen LogP contribution is 2.33. The van der Waals surface area contributed by atoms with Gasteiger partial charge in [0.25, 0.3) is 5.91 Å². The molecule has 1 atom stereocenters. The van der Waals surface area contributed by atoms with Gasteiger partial charge in [0, 0.05) is 24.9 Å². The summed E-state index contributed by atoms with van der Waals surface area (Å²) >= 11 is 6.03. The molecule has 1 aromatic heterocycles. The first-order valence-electron chi connectivity index (χ1n) is 9.51. The molecule has 1 aliphatic rings. The van der Waals surface area contributed by atoms with E-state index in [1.807, 2.05) is 0 Å². The number of para-hydroxylation sites is 1. The molecule has 0 spiro atoms. The lowest BCUT2D eigenvalue weighted by atomic mass is 10.1. The smallest absolute Gasteiger partial charge is 0.347 e. The fraction of sp³-hybridized carbons (Fsp3) is 0.227. The molecule has 2 heterocycles. The molecular formula is C22H17ClF3N3O2. The predicted octanol–water partition coefficient (Wildman–Crippen LogP) is 4.44. The van der Waals surface area contributed by atoms with Crippen LogP contribution in [0.1, 0.15) is 27.9 Å². The number of benzene rings is 2. The average Bonchev–Trinajstić information content (AvgIpc) is 3.05. The van der Waals surface area contributed by atoms with Crippen molar-refractivity contribution < 1.29 is 22.8 Å². The van der Waals surface area contributed by atoms with Crippen LogP contribution in [-0.4, -0.2) is 34.3 Å². The van der Waals surface area contributed by atoms with Gasteiger partial charge < -0.3 is 10.2 Å². The number of likely N-dealkylation sites (tertiary alicyclic amines) is 1. The summed E-state index contributed by atoms with van der Waals surface area (Å²) in [6.07, 6.45) is -4.49. The van der Waals surface area contributed by atoms with E-state index in [1.54, 1.807) is 24.3 Å². The van der Waals surface area contributed by atoms with Gasteiger partial charge in [-0.1, -0.05) is 48.0 Å². The van der Waals surface area contributed by atoms with Gasteiger partial charge in [-0.25, -0.2) is 4.98 Å². The van der Waals surface area contributed by atoms with Crippen LogP contribution in [0, 0.1) is 0 Å². The van der Waals surface area contributed by atoms with Gasteiger partial charge in [-0.15, -0.1) is 0 Å². The van der Waals surface area contributed by atoms with E-state index >= 15 is 0 Å². The van der Waals surface area contributed by atoms with Crippen LogP contribution in [0.5, 0.6) is 0 Å². The number of nitrogens with one attached hydrogen (secondary N) is 1. The molecule has 0 radical (unpaired) electrons. The number of halogens is 4. The largest absolute Gasteiger partial charge is 0.416 e. The lowest BCUT2D eigenvalue weighted by molar-refractivity contribution is -0.139. The zero-order valence-electron chi connectivity index (χ0n) is 16.1. The maximum absolute atomic E-state index is 13.2. The van der Waals surface area contributed by atoms with Crippen LogP contribution in [0.2, 0.25) is 5.15 Å². The van der Waals surface area contributed by atoms with Crippen LogP contribution in [0.3, 0.4) is 0 Å². The Bertz CT molecular complexity index is 1170. The van der Waals surface area contributed by atoms with E-state index < -0.39 is 23.7 Å². The predicted molar refractivity (Wildman–Crippen MR) is 109 cm³/mol. The fourth-order valence-electron chi connectivity index (χ4n) is 3.76. The first-order chi connectivity index (χ1) is 14.7. The molecule has 1 fully saturated rings. The minimum absolute atomic E-state index is 0.0106. The third kappa shape index (κ3) is 4.49. The van der Waals surface area contributed by atoms with Crippen LogP contribution in [0.25, 0.3) is 10.9 Å². The van der Waals surface area contributed by atoms with Crippen molar-refractivity contribution in [1.82, 2.24) is 15.2 Å². The fourth-order valence-corrected chi connectivity index (χ4v) is 3.96. The van der Waals surface area contributed by atoms with Gasteiger partial charge in [-0.05, 0) is 23.8 Å². The van der Waals surface area contributed by atoms with Gasteiger partial charge in [-0.2, -0.15) is 13.2 Å². The number of hydrogen-bond acceptors (Lipinski definition) is 3. The number of carbonyl (C=O) groups is 2. The Morgan fingerprint density at radius 3 is 2.65 bits per heavy atom. The molecule has 1 aliphatic heterocycles. The second-order valence-electron chi connectivity index (χ2n) is 7.31. The van der Waals surface area contributed by atoms with Crippen LogP contribution < -0.4 is 5.32 Å². The van der Waals surface area contributed by atoms with Crippen LogP contribution >= 0.6 is 11.6 Å². The summed E-state index contributed by atoms with van der Waals surface area (Å²) in [5, 5.41) is 3.57. The number of fused-ring (bicyclic) bond motifs is 1. The molecule has 9 heteroatoms. The molecule has 1 unspecified atom stereocenters. The van der Waals surface area contributed by atoms with Gasteiger partial charge in [-0.3, -0.25) is 9.59 Å². The van der Waals surface area contributed by atoms with Crippen LogP contribution in [0.15, 0.2) is 54.6 Å². The number of carbonyl (C=O) groups excluding carboxylic acids is 2. The van der Waals surface area contributed by atoms with Crippen LogP contribution in [0.4, 0.5) is 13.2 Å². The highest BCUT2D eigenvalue weighted by atomic mass is 35.5. The van der Waals surface area contributed by atoms with Gasteiger partial charge in [0.05, 0.1) is 22.7 Å². The lowest BCUT2D eigenvalue weighted by Gasteiger charge is -2.20. The van der Waals surface area contributed by atoms with Crippen molar-refractivity contribution >= 4 is 34.3 Å². The van der Waals surface area contributed by atoms with Crippen molar-refractivity contribution in [3.05, 3.63) is 76.4 Å². The number of nitrogens with zero attached hydrogens (tertiary/aromatic N) is 2. The molecule has 3 aromatic rings. The van der Waals surface area contributed by atoms with E-state index in [0.717, 1.165) is 6.07 Å². The Kier molecular flexibility index (Phi) is 5.58. The van der Waals surface area contributed by atoms with E-state index in [1.165, 1.54) is 29.2 Å². The molecule has 0 bridgehead atoms. The minimum atomic E-state index is -4.51. The Hall–Kier alpha value is -3.13. The maximum Gasteiger partial charge on any atom is 0.416 e. The second kappa shape index (κ2) is 8.19. The second-order valence-corrected chi connectivity index (χ2v) is 7.70. The Balaban J connectivity index is 1.50. The van der Waals surface area contributed by atoms with E-state index in [0.29, 0.717) is 16.5 Å². The number of alkyl halides is 3. The molecule has 160 valence electrons. The van der Waals surface area contributed by atoms with Crippen molar-refractivity contribution in [3.63, 3.8) is 0 Å². The molecule has 1 N–H and O–H groups in total. The van der Waals surface area contributed by atoms with Crippen molar-refractivity contribution in [2.75, 3.05) is 6.54 Å². The van der Waals surface area contributed by atoms with Crippen molar-refractivity contribution in [2.24, 2.45) is 0 Å². The summed E-state index contributed by atoms with van der Waals surface area (Å²) in [4.78, 5) is 30.8. The van der Waals surface area contributed by atoms with Gasteiger partial charge in [0.1, 0.15) is 5.15 Å². The first-order valence-corrected chi connectivity index (χ1v) is 9.89. The summed E-state index contributed by atoms with van der Waals surface area (Å²) in [5.41, 5.74) is 0.132. The normalized spacial score (nSPS) is 16.7. The Morgan fingerprint density at radius 1 is 1.16 bits per heavy atom. The van der Waals surface area contributed by atoms with Gasteiger partial charge in [0.2, 0.25) is 5.91 Å². The van der Waals surface area contributed by atoms with E-state index in [9.17, 15) is 22.8 Å². The molecule has 2 amide bonds. The van der Waals surface area contributed by atoms with Crippen LogP contribution in [-0.2, 0) is 17.5 Å². The highest BCUT2D eigenvalue weighted by molar-refractivity contribution is 6.30. The molecule has 0 aliphatic carbocycles. The molecule has 1 saturated heterocycles. The first kappa shape index (κ1) is 21.1. The Labute approximate surface area is 180 Å². The number of aromatic nitrogens is 1. The third-order valence-corrected chi connectivity index (χ3v) is 5.36. The Morgan fingerprint density at radius 2 is 1.87 bits per heavy atom. The molecule has 31 heavy (non-hydrogen) atoms. The van der Waals surface area contributed by atoms with E-state index in [2.05, 4.69) is 10.3 Å². The number of hydrogen-bond donors (Lipinski definition) is 1. The van der Waals surface area contributed by atoms with Gasteiger partial charge in [0.15, 0.2) is 0 Å². The molecule has 4 rings (SSSR count). The monoisotopic (exact) mass is 447 g/mol. The number of amides is 2. The van der Waals surface area contributed by atoms with E-state index in [4.69, 9.17) is 11.6 Å². The summed E-state index contributed by atoms with van der Waals surface area (Å²) in [6, 6.07) is 13.1. The van der Waals surface area contributed by atoms with Crippen molar-refractivity contribution in [3.8, 4) is 0 Å². The zero-order chi connectivity index (χ0) is 22.2. The summed E-state index contributed by atoms with van der Waals surface area (Å²) < 4.78 is 39.7. The molecular weight excluding hydrogens is 431 g/mol. The van der Waals surface area contributed by atoms with Crippen molar-refractivity contribution in [1.29, 1.82) is 0 Å². The van der Waals surface area contributed by atoms with Gasteiger partial charge >= 0.3 is 6.18 Å². The van der Waals surface area contributed by atoms with E-state index in [-0.39, 0.29) is 36.1 Å². The standard InChI is InChI=1S/C22H17ClF3N3O2/c23-19-10-16(15-6-2-4-8-18(15)28-19)21(31)27-14-9-20(30)29(12-14)11-13-5-1-3-7-17(13)22(24,25)26/h1-8,10,14H,9,11-12H2,(H,27,31). The zero-order valence-corrected chi connectivity index (χ0v) is 16.9. The third-order valence-electron chi connectivity index (χ3n) is 5.16. The highest BCUT2D eigenvalue weighted by Gasteiger charge is 2.36. The molecule has 0 saturated carbocycles. The topological polar surface area (TPSA) is 62.3 Å². The summed E-state index contributed by atoms with van der Waals surface area (Å²) in [7, 11) is 0. The lowest BCUT2D eigenvalue weighted by Crippen LogP contribution is -2.37. The summed E-state index contributed by atoms with van der Waals surface area (Å²) in [6.45, 7) is -0.0571. The maximum atomic E-state index is 13.2. The summed E-state index contributed by atoms with van der Waals surface area (Å²) in [5.74, 6) is -0.740. The number of pyridine rings is 1. The van der Waals surface area contributed by atoms with Crippen molar-refractivity contribution in [2.45, 2.75) is 25.2 Å². The SMILES string of the molecule is O=C(NC1CC(=O)N(Cc2ccccc2C(F)(F)F)C1)c1cc(Cl)nc2ccccc12. The quantitative estimate of drug-likeness (QED) is 0.601. The number of rotatable bonds is 4. The molecule has 2 aromatic carbocycles.